The fraction of sp³-hybridized carbons (Fsp3) is 0.522. The molecule has 0 unspecified atom stereocenters. The Balaban J connectivity index is 0.00000108. The summed E-state index contributed by atoms with van der Waals surface area (Å²) in [6.07, 6.45) is 6.76. The summed E-state index contributed by atoms with van der Waals surface area (Å²) in [4.78, 5) is 22.7. The van der Waals surface area contributed by atoms with Crippen LogP contribution in [0.4, 0.5) is 5.69 Å². The lowest BCUT2D eigenvalue weighted by molar-refractivity contribution is -0.117. The van der Waals surface area contributed by atoms with Crippen LogP contribution < -0.4 is 16.0 Å². The molecule has 1 aromatic carbocycles. The smallest absolute Gasteiger partial charge is 0.224 e. The first kappa shape index (κ1) is 27.5. The minimum Gasteiger partial charge on any atom is -0.333 e. The minimum atomic E-state index is 0.117. The van der Waals surface area contributed by atoms with Crippen molar-refractivity contribution in [2.45, 2.75) is 60.0 Å². The van der Waals surface area contributed by atoms with E-state index in [1.54, 1.807) is 6.92 Å². The fourth-order valence-corrected chi connectivity index (χ4v) is 3.27. The Morgan fingerprint density at radius 1 is 1.30 bits per heavy atom. The van der Waals surface area contributed by atoms with Crippen LogP contribution in [0.3, 0.4) is 0 Å². The van der Waals surface area contributed by atoms with Crippen molar-refractivity contribution in [3.8, 4) is 11.1 Å². The first-order valence-electron chi connectivity index (χ1n) is 10.6. The van der Waals surface area contributed by atoms with Gasteiger partial charge in [0.2, 0.25) is 5.91 Å². The molecule has 1 amide bonds. The lowest BCUT2D eigenvalue weighted by Crippen LogP contribution is -2.40. The molecule has 0 aliphatic carbocycles. The molecule has 0 saturated carbocycles. The normalized spacial score (nSPS) is 14.0. The first-order valence-corrected chi connectivity index (χ1v) is 10.6. The van der Waals surface area contributed by atoms with Gasteiger partial charge in [-0.1, -0.05) is 19.9 Å². The molecule has 7 heteroatoms. The van der Waals surface area contributed by atoms with E-state index in [-0.39, 0.29) is 11.9 Å². The largest absolute Gasteiger partial charge is 0.333 e. The van der Waals surface area contributed by atoms with Gasteiger partial charge in [0.05, 0.1) is 12.7 Å². The number of carbonyl (C=O) groups is 2. The second kappa shape index (κ2) is 15.3. The zero-order valence-corrected chi connectivity index (χ0v) is 19.6. The Hall–Kier alpha value is -2.51. The van der Waals surface area contributed by atoms with Crippen LogP contribution in [0.5, 0.6) is 0 Å². The molecule has 1 aromatic heterocycles. The number of aromatic nitrogens is 2. The maximum Gasteiger partial charge on any atom is 0.224 e. The van der Waals surface area contributed by atoms with E-state index in [9.17, 15) is 4.79 Å². The highest BCUT2D eigenvalue weighted by Crippen LogP contribution is 2.34. The molecule has 3 N–H and O–H groups in total. The van der Waals surface area contributed by atoms with E-state index in [1.165, 1.54) is 19.5 Å². The van der Waals surface area contributed by atoms with Gasteiger partial charge in [-0.15, -0.1) is 0 Å². The van der Waals surface area contributed by atoms with Crippen LogP contribution in [0.25, 0.3) is 11.1 Å². The van der Waals surface area contributed by atoms with Crippen LogP contribution in [0, 0.1) is 0 Å². The maximum absolute atomic E-state index is 11.9. The highest BCUT2D eigenvalue weighted by atomic mass is 16.2. The van der Waals surface area contributed by atoms with E-state index >= 15 is 0 Å². The van der Waals surface area contributed by atoms with E-state index in [4.69, 9.17) is 4.79 Å². The van der Waals surface area contributed by atoms with E-state index < -0.39 is 0 Å². The van der Waals surface area contributed by atoms with Gasteiger partial charge in [-0.05, 0) is 64.0 Å². The molecular formula is C23H39N5O2. The summed E-state index contributed by atoms with van der Waals surface area (Å²) in [5.74, 6) is 0.117. The lowest BCUT2D eigenvalue weighted by Gasteiger charge is -2.34. The molecule has 0 bridgehead atoms. The van der Waals surface area contributed by atoms with E-state index in [1.807, 2.05) is 36.7 Å². The second-order valence-corrected chi connectivity index (χ2v) is 6.45. The van der Waals surface area contributed by atoms with Crippen molar-refractivity contribution in [2.75, 3.05) is 25.5 Å². The summed E-state index contributed by atoms with van der Waals surface area (Å²) >= 11 is 0. The lowest BCUT2D eigenvalue weighted by atomic mass is 9.94. The van der Waals surface area contributed by atoms with Gasteiger partial charge in [-0.3, -0.25) is 9.48 Å². The average Bonchev–Trinajstić information content (AvgIpc) is 3.24. The summed E-state index contributed by atoms with van der Waals surface area (Å²) in [6, 6.07) is 6.64. The fourth-order valence-electron chi connectivity index (χ4n) is 3.27. The molecule has 7 nitrogen and oxygen atoms in total. The second-order valence-electron chi connectivity index (χ2n) is 6.45. The Kier molecular flexibility index (Phi) is 14.1. The number of rotatable bonds is 4. The zero-order chi connectivity index (χ0) is 23.1. The number of carbonyl (C=O) groups excluding carboxylic acids is 2. The molecule has 30 heavy (non-hydrogen) atoms. The molecule has 3 rings (SSSR count). The van der Waals surface area contributed by atoms with E-state index in [0.29, 0.717) is 0 Å². The molecule has 1 atom stereocenters. The molecule has 168 valence electrons. The van der Waals surface area contributed by atoms with Crippen LogP contribution in [0.2, 0.25) is 0 Å². The first-order chi connectivity index (χ1) is 14.5. The van der Waals surface area contributed by atoms with Crippen molar-refractivity contribution in [1.82, 2.24) is 15.1 Å². The predicted octanol–water partition coefficient (Wildman–Crippen LogP) is 3.26. The molecule has 0 spiro atoms. The molecular weight excluding hydrogens is 378 g/mol. The van der Waals surface area contributed by atoms with Gasteiger partial charge in [0.1, 0.15) is 6.29 Å². The number of nitrogens with two attached hydrogens (primary N) is 1. The molecule has 0 fully saturated rings. The van der Waals surface area contributed by atoms with Crippen molar-refractivity contribution < 1.29 is 9.59 Å². The standard InChI is InChI=1S/C18H24N4O.C2H4O.C2H6.CH5N/c1-13-4-5-16-10-15(6-7-18(16)22(13)14(2)23)17-11-20-21(12-17)9-8-19-3;1-2-3;2*1-2/h6-7,10-13,19H,4-5,8-9H2,1-3H3;2H,1H3;1-2H3;2H2,1H3/t13-;;;/m0.../s1. The molecule has 0 radical (unpaired) electrons. The summed E-state index contributed by atoms with van der Waals surface area (Å²) in [7, 11) is 3.44. The molecule has 1 aliphatic rings. The number of benzene rings is 1. The van der Waals surface area contributed by atoms with Crippen LogP contribution in [-0.2, 0) is 22.6 Å². The zero-order valence-electron chi connectivity index (χ0n) is 19.6. The van der Waals surface area contributed by atoms with Crippen molar-refractivity contribution in [2.24, 2.45) is 5.73 Å². The molecule has 2 aromatic rings. The van der Waals surface area contributed by atoms with Gasteiger partial charge >= 0.3 is 0 Å². The Morgan fingerprint density at radius 3 is 2.50 bits per heavy atom. The van der Waals surface area contributed by atoms with Crippen molar-refractivity contribution >= 4 is 17.9 Å². The monoisotopic (exact) mass is 417 g/mol. The number of nitrogens with zero attached hydrogens (tertiary/aromatic N) is 3. The maximum atomic E-state index is 11.9. The minimum absolute atomic E-state index is 0.117. The number of hydrogen-bond acceptors (Lipinski definition) is 5. The van der Waals surface area contributed by atoms with Crippen molar-refractivity contribution in [3.63, 3.8) is 0 Å². The number of anilines is 1. The summed E-state index contributed by atoms with van der Waals surface area (Å²) in [5, 5.41) is 7.54. The number of likely N-dealkylation sites (N-methyl/N-ethyl adjacent to an activating group) is 1. The van der Waals surface area contributed by atoms with Gasteiger partial charge in [-0.2, -0.15) is 5.10 Å². The van der Waals surface area contributed by atoms with Gasteiger partial charge in [0, 0.05) is 37.0 Å². The topological polar surface area (TPSA) is 93.3 Å². The van der Waals surface area contributed by atoms with Crippen LogP contribution in [0.15, 0.2) is 30.6 Å². The SMILES string of the molecule is CC.CC=O.CN.CNCCn1cc(-c2ccc3c(c2)CC[C@H](C)N3C(C)=O)cn1. The Labute approximate surface area is 181 Å². The van der Waals surface area contributed by atoms with Crippen LogP contribution in [-0.4, -0.2) is 48.7 Å². The highest BCUT2D eigenvalue weighted by molar-refractivity contribution is 5.94. The van der Waals surface area contributed by atoms with Crippen molar-refractivity contribution in [1.29, 1.82) is 0 Å². The van der Waals surface area contributed by atoms with E-state index in [0.717, 1.165) is 49.0 Å². The molecule has 0 saturated heterocycles. The number of aryl methyl sites for hydroxylation is 1. The third kappa shape index (κ3) is 7.72. The van der Waals surface area contributed by atoms with Crippen LogP contribution >= 0.6 is 0 Å². The summed E-state index contributed by atoms with van der Waals surface area (Å²) < 4.78 is 1.95. The van der Waals surface area contributed by atoms with Crippen LogP contribution in [0.1, 0.15) is 46.6 Å². The Bertz CT molecular complexity index is 758. The van der Waals surface area contributed by atoms with Gasteiger partial charge in [-0.25, -0.2) is 0 Å². The van der Waals surface area contributed by atoms with Gasteiger partial charge in [0.25, 0.3) is 0 Å². The van der Waals surface area contributed by atoms with E-state index in [2.05, 4.69) is 47.5 Å². The number of aldehydes is 1. The summed E-state index contributed by atoms with van der Waals surface area (Å²) in [6.45, 7) is 11.0. The highest BCUT2D eigenvalue weighted by Gasteiger charge is 2.26. The average molecular weight is 418 g/mol. The predicted molar refractivity (Wildman–Crippen MR) is 126 cm³/mol. The van der Waals surface area contributed by atoms with Gasteiger partial charge < -0.3 is 20.7 Å². The number of fused-ring (bicyclic) bond motifs is 1. The van der Waals surface area contributed by atoms with Crippen molar-refractivity contribution in [3.05, 3.63) is 36.2 Å². The third-order valence-corrected chi connectivity index (χ3v) is 4.51. The third-order valence-electron chi connectivity index (χ3n) is 4.51. The number of nitrogens with one attached hydrogen (secondary N) is 1. The molecule has 1 aliphatic heterocycles. The number of hydrogen-bond donors (Lipinski definition) is 2. The summed E-state index contributed by atoms with van der Waals surface area (Å²) in [5.41, 5.74) is 9.09. The number of amides is 1. The van der Waals surface area contributed by atoms with Gasteiger partial charge in [0.15, 0.2) is 0 Å². The molecule has 2 heterocycles. The quantitative estimate of drug-likeness (QED) is 0.745. The Morgan fingerprint density at radius 2 is 1.93 bits per heavy atom.